The van der Waals surface area contributed by atoms with Crippen LogP contribution in [0.2, 0.25) is 0 Å². The molecule has 0 radical (unpaired) electrons. The molecule has 0 saturated heterocycles. The Morgan fingerprint density at radius 1 is 0.750 bits per heavy atom. The number of benzene rings is 3. The molecule has 1 aliphatic heterocycles. The van der Waals surface area contributed by atoms with Gasteiger partial charge in [0.15, 0.2) is 0 Å². The Kier molecular flexibility index (Phi) is 3.93. The zero-order valence-electron chi connectivity index (χ0n) is 14.3. The van der Waals surface area contributed by atoms with Gasteiger partial charge in [-0.3, -0.25) is 0 Å². The van der Waals surface area contributed by atoms with Gasteiger partial charge >= 0.3 is 11.9 Å². The van der Waals surface area contributed by atoms with E-state index in [0.717, 1.165) is 6.07 Å². The highest BCUT2D eigenvalue weighted by atomic mass is 16.5. The number of rotatable bonds is 3. The Morgan fingerprint density at radius 2 is 1.43 bits per heavy atom. The first kappa shape index (κ1) is 17.4. The molecule has 140 valence electrons. The standard InChI is InChI=1S/C21H14O7/c22-10-5-6-14-16(8-10)28-17-9-11(23)7-15(21(26)27)19(17)18(14)12-3-1-2-4-13(12)20(24)25/h1-9,18,22-23H,(H,24,25)(H,26,27). The average Bonchev–Trinajstić information content (AvgIpc) is 2.65. The van der Waals surface area contributed by atoms with Gasteiger partial charge in [0.05, 0.1) is 11.1 Å². The lowest BCUT2D eigenvalue weighted by Gasteiger charge is -2.30. The summed E-state index contributed by atoms with van der Waals surface area (Å²) in [5.74, 6) is -3.25. The first-order valence-electron chi connectivity index (χ1n) is 8.30. The van der Waals surface area contributed by atoms with E-state index >= 15 is 0 Å². The molecule has 7 heteroatoms. The third-order valence-corrected chi connectivity index (χ3v) is 4.68. The fraction of sp³-hybridized carbons (Fsp3) is 0.0476. The number of fused-ring (bicyclic) bond motifs is 2. The maximum Gasteiger partial charge on any atom is 0.336 e. The van der Waals surface area contributed by atoms with Crippen molar-refractivity contribution in [3.8, 4) is 23.0 Å². The Morgan fingerprint density at radius 3 is 2.14 bits per heavy atom. The van der Waals surface area contributed by atoms with Crippen molar-refractivity contribution in [2.24, 2.45) is 0 Å². The summed E-state index contributed by atoms with van der Waals surface area (Å²) in [5, 5.41) is 39.1. The van der Waals surface area contributed by atoms with Gasteiger partial charge < -0.3 is 25.2 Å². The van der Waals surface area contributed by atoms with E-state index < -0.39 is 17.9 Å². The van der Waals surface area contributed by atoms with Crippen molar-refractivity contribution in [3.05, 3.63) is 82.4 Å². The summed E-state index contributed by atoms with van der Waals surface area (Å²) < 4.78 is 5.75. The molecule has 0 amide bonds. The molecule has 7 nitrogen and oxygen atoms in total. The number of aromatic hydroxyl groups is 2. The van der Waals surface area contributed by atoms with Gasteiger partial charge in [-0.1, -0.05) is 24.3 Å². The van der Waals surface area contributed by atoms with Crippen LogP contribution in [0.25, 0.3) is 0 Å². The number of ether oxygens (including phenoxy) is 1. The lowest BCUT2D eigenvalue weighted by molar-refractivity contribution is 0.0686. The second-order valence-corrected chi connectivity index (χ2v) is 6.36. The van der Waals surface area contributed by atoms with Crippen molar-refractivity contribution in [1.82, 2.24) is 0 Å². The topological polar surface area (TPSA) is 124 Å². The smallest absolute Gasteiger partial charge is 0.336 e. The molecule has 0 aromatic heterocycles. The van der Waals surface area contributed by atoms with Gasteiger partial charge in [-0.05, 0) is 23.8 Å². The van der Waals surface area contributed by atoms with Crippen molar-refractivity contribution in [1.29, 1.82) is 0 Å². The highest BCUT2D eigenvalue weighted by molar-refractivity contribution is 5.94. The van der Waals surface area contributed by atoms with Gasteiger partial charge in [-0.15, -0.1) is 0 Å². The largest absolute Gasteiger partial charge is 0.508 e. The molecule has 1 unspecified atom stereocenters. The zero-order chi connectivity index (χ0) is 20.0. The zero-order valence-corrected chi connectivity index (χ0v) is 14.3. The molecule has 0 aliphatic carbocycles. The molecule has 4 N–H and O–H groups in total. The quantitative estimate of drug-likeness (QED) is 0.428. The third-order valence-electron chi connectivity index (χ3n) is 4.68. The minimum absolute atomic E-state index is 0.0174. The predicted octanol–water partition coefficient (Wildman–Crippen LogP) is 3.78. The van der Waals surface area contributed by atoms with Gasteiger partial charge in [0.25, 0.3) is 0 Å². The molecule has 4 rings (SSSR count). The number of phenolic OH excluding ortho intramolecular Hbond substituents is 2. The van der Waals surface area contributed by atoms with Gasteiger partial charge in [-0.25, -0.2) is 9.59 Å². The Bertz CT molecular complexity index is 1130. The first-order chi connectivity index (χ1) is 13.4. The fourth-order valence-electron chi connectivity index (χ4n) is 3.56. The normalized spacial score (nSPS) is 14.5. The molecular formula is C21H14O7. The highest BCUT2D eigenvalue weighted by Gasteiger charge is 2.35. The molecule has 1 heterocycles. The molecule has 28 heavy (non-hydrogen) atoms. The monoisotopic (exact) mass is 378 g/mol. The molecule has 0 saturated carbocycles. The number of hydrogen-bond acceptors (Lipinski definition) is 5. The van der Waals surface area contributed by atoms with E-state index in [1.165, 1.54) is 24.3 Å². The van der Waals surface area contributed by atoms with Crippen LogP contribution in [0.1, 0.15) is 43.3 Å². The second kappa shape index (κ2) is 6.31. The van der Waals surface area contributed by atoms with Crippen LogP contribution in [0.4, 0.5) is 0 Å². The SMILES string of the molecule is O=C(O)c1ccccc1C1c2ccc(O)cc2Oc2cc(O)cc(C(=O)O)c21. The van der Waals surface area contributed by atoms with E-state index in [1.807, 2.05) is 0 Å². The molecule has 0 bridgehead atoms. The second-order valence-electron chi connectivity index (χ2n) is 6.36. The van der Waals surface area contributed by atoms with Crippen LogP contribution >= 0.6 is 0 Å². The van der Waals surface area contributed by atoms with Crippen molar-refractivity contribution in [2.75, 3.05) is 0 Å². The van der Waals surface area contributed by atoms with Crippen LogP contribution in [0.3, 0.4) is 0 Å². The summed E-state index contributed by atoms with van der Waals surface area (Å²) in [6.07, 6.45) is 0. The molecule has 3 aromatic rings. The van der Waals surface area contributed by atoms with E-state index in [2.05, 4.69) is 0 Å². The van der Waals surface area contributed by atoms with Crippen LogP contribution in [-0.4, -0.2) is 32.4 Å². The number of aromatic carboxylic acids is 2. The molecule has 0 fully saturated rings. The van der Waals surface area contributed by atoms with E-state index in [0.29, 0.717) is 11.1 Å². The summed E-state index contributed by atoms with van der Waals surface area (Å²) in [5.41, 5.74) is 0.937. The third kappa shape index (κ3) is 2.69. The molecular weight excluding hydrogens is 364 g/mol. The van der Waals surface area contributed by atoms with Crippen LogP contribution in [0.15, 0.2) is 54.6 Å². The Balaban J connectivity index is 2.09. The van der Waals surface area contributed by atoms with Crippen LogP contribution in [0, 0.1) is 0 Å². The Labute approximate surface area is 158 Å². The summed E-state index contributed by atoms with van der Waals surface area (Å²) in [6, 6.07) is 13.0. The maximum atomic E-state index is 11.9. The van der Waals surface area contributed by atoms with E-state index in [9.17, 15) is 30.0 Å². The lowest BCUT2D eigenvalue weighted by Crippen LogP contribution is -2.18. The number of phenols is 2. The van der Waals surface area contributed by atoms with Gasteiger partial charge in [-0.2, -0.15) is 0 Å². The van der Waals surface area contributed by atoms with Crippen molar-refractivity contribution in [3.63, 3.8) is 0 Å². The summed E-state index contributed by atoms with van der Waals surface area (Å²) >= 11 is 0. The van der Waals surface area contributed by atoms with Crippen LogP contribution < -0.4 is 4.74 Å². The van der Waals surface area contributed by atoms with E-state index in [-0.39, 0.29) is 39.7 Å². The predicted molar refractivity (Wildman–Crippen MR) is 97.6 cm³/mol. The minimum atomic E-state index is -1.28. The van der Waals surface area contributed by atoms with E-state index in [1.54, 1.807) is 24.3 Å². The molecule has 1 aliphatic rings. The van der Waals surface area contributed by atoms with Gasteiger partial charge in [0.1, 0.15) is 23.0 Å². The first-order valence-corrected chi connectivity index (χ1v) is 8.30. The van der Waals surface area contributed by atoms with Crippen LogP contribution in [-0.2, 0) is 0 Å². The Hall–Kier alpha value is -4.00. The van der Waals surface area contributed by atoms with E-state index in [4.69, 9.17) is 4.74 Å². The highest BCUT2D eigenvalue weighted by Crippen LogP contribution is 2.51. The van der Waals surface area contributed by atoms with Gasteiger partial charge in [0, 0.05) is 29.2 Å². The van der Waals surface area contributed by atoms with Crippen molar-refractivity contribution < 1.29 is 34.8 Å². The molecule has 0 spiro atoms. The number of carbonyl (C=O) groups is 2. The van der Waals surface area contributed by atoms with Crippen LogP contribution in [0.5, 0.6) is 23.0 Å². The van der Waals surface area contributed by atoms with Crippen molar-refractivity contribution >= 4 is 11.9 Å². The average molecular weight is 378 g/mol. The minimum Gasteiger partial charge on any atom is -0.508 e. The molecule has 1 atom stereocenters. The summed E-state index contributed by atoms with van der Waals surface area (Å²) in [6.45, 7) is 0. The maximum absolute atomic E-state index is 11.9. The van der Waals surface area contributed by atoms with Gasteiger partial charge in [0.2, 0.25) is 0 Å². The van der Waals surface area contributed by atoms with Crippen molar-refractivity contribution in [2.45, 2.75) is 5.92 Å². The number of carboxylic acid groups (broad SMARTS) is 2. The molecule has 3 aromatic carbocycles. The lowest BCUT2D eigenvalue weighted by atomic mass is 9.78. The fourth-order valence-corrected chi connectivity index (χ4v) is 3.56. The number of hydrogen-bond donors (Lipinski definition) is 4. The summed E-state index contributed by atoms with van der Waals surface area (Å²) in [7, 11) is 0. The summed E-state index contributed by atoms with van der Waals surface area (Å²) in [4.78, 5) is 23.7. The number of carboxylic acids is 2.